The molecule has 6 nitrogen and oxygen atoms in total. The Kier molecular flexibility index (Phi) is 4.25. The van der Waals surface area contributed by atoms with Crippen LogP contribution < -0.4 is 0 Å². The fourth-order valence-corrected chi connectivity index (χ4v) is 1.83. The van der Waals surface area contributed by atoms with Gasteiger partial charge in [0.2, 0.25) is 11.0 Å². The van der Waals surface area contributed by atoms with Crippen LogP contribution in [-0.4, -0.2) is 37.1 Å². The Bertz CT molecular complexity index is 576. The second-order valence-corrected chi connectivity index (χ2v) is 4.30. The average Bonchev–Trinajstić information content (AvgIpc) is 3.02. The monoisotopic (exact) mass is 286 g/mol. The molecular weight excluding hydrogens is 274 g/mol. The highest BCUT2D eigenvalue weighted by Gasteiger charge is 2.19. The van der Waals surface area contributed by atoms with E-state index in [-0.39, 0.29) is 0 Å². The van der Waals surface area contributed by atoms with Crippen molar-refractivity contribution in [2.45, 2.75) is 25.1 Å². The zero-order chi connectivity index (χ0) is 13.8. The first-order valence-electron chi connectivity index (χ1n) is 5.50. The van der Waals surface area contributed by atoms with E-state index < -0.39 is 12.2 Å². The lowest BCUT2D eigenvalue weighted by Crippen LogP contribution is -2.00. The highest BCUT2D eigenvalue weighted by molar-refractivity contribution is 7.98. The van der Waals surface area contributed by atoms with Gasteiger partial charge >= 0.3 is 0 Å². The number of halogens is 2. The summed E-state index contributed by atoms with van der Waals surface area (Å²) >= 11 is 1.20. The minimum Gasteiger partial charge on any atom is -0.272 e. The fourth-order valence-electron chi connectivity index (χ4n) is 1.39. The summed E-state index contributed by atoms with van der Waals surface area (Å²) in [7, 11) is 0. The molecule has 0 radical (unpaired) electrons. The summed E-state index contributed by atoms with van der Waals surface area (Å²) < 4.78 is 28.2. The molecule has 2 aromatic heterocycles. The third kappa shape index (κ3) is 2.98. The van der Waals surface area contributed by atoms with E-state index in [9.17, 15) is 8.78 Å². The molecule has 0 saturated heterocycles. The Morgan fingerprint density at radius 2 is 2.26 bits per heavy atom. The second-order valence-electron chi connectivity index (χ2n) is 3.53. The van der Waals surface area contributed by atoms with Crippen molar-refractivity contribution in [2.75, 3.05) is 6.26 Å². The standard InChI is InChI=1S/C10H12F2N6S/c1-3-17-6-7(4-13-17)5-14-18-9(8(11)12)15-16-10(18)19-2/h4-6,8H,3H2,1-2H3/b14-5+. The number of thioether (sulfide) groups is 1. The summed E-state index contributed by atoms with van der Waals surface area (Å²) in [6.45, 7) is 2.69. The molecule has 9 heteroatoms. The van der Waals surface area contributed by atoms with Crippen LogP contribution in [0.3, 0.4) is 0 Å². The van der Waals surface area contributed by atoms with Gasteiger partial charge < -0.3 is 0 Å². The van der Waals surface area contributed by atoms with E-state index in [2.05, 4.69) is 20.4 Å². The first kappa shape index (κ1) is 13.7. The van der Waals surface area contributed by atoms with Crippen LogP contribution in [0, 0.1) is 0 Å². The van der Waals surface area contributed by atoms with Gasteiger partial charge in [0.25, 0.3) is 6.43 Å². The lowest BCUT2D eigenvalue weighted by molar-refractivity contribution is 0.135. The SMILES string of the molecule is CCn1cc(/C=N/n2c(SC)nnc2C(F)F)cn1. The van der Waals surface area contributed by atoms with Crippen molar-refractivity contribution in [1.29, 1.82) is 0 Å². The molecule has 0 atom stereocenters. The van der Waals surface area contributed by atoms with Crippen molar-refractivity contribution in [3.8, 4) is 0 Å². The molecule has 0 aromatic carbocycles. The third-order valence-corrected chi connectivity index (χ3v) is 2.93. The topological polar surface area (TPSA) is 60.9 Å². The first-order chi connectivity index (χ1) is 9.15. The summed E-state index contributed by atoms with van der Waals surface area (Å²) in [4.78, 5) is 0. The summed E-state index contributed by atoms with van der Waals surface area (Å²) in [5.74, 6) is -0.469. The fraction of sp³-hybridized carbons (Fsp3) is 0.400. The summed E-state index contributed by atoms with van der Waals surface area (Å²) in [5.41, 5.74) is 0.725. The van der Waals surface area contributed by atoms with Crippen LogP contribution >= 0.6 is 11.8 Å². The molecule has 0 aliphatic rings. The van der Waals surface area contributed by atoms with Gasteiger partial charge in [-0.3, -0.25) is 4.68 Å². The third-order valence-electron chi connectivity index (χ3n) is 2.31. The smallest absolute Gasteiger partial charge is 0.272 e. The molecule has 2 heterocycles. The molecule has 0 saturated carbocycles. The van der Waals surface area contributed by atoms with E-state index in [1.54, 1.807) is 23.3 Å². The number of aryl methyl sites for hydroxylation is 1. The number of hydrogen-bond acceptors (Lipinski definition) is 5. The van der Waals surface area contributed by atoms with Crippen LogP contribution in [0.25, 0.3) is 0 Å². The molecule has 2 aromatic rings. The zero-order valence-corrected chi connectivity index (χ0v) is 11.2. The quantitative estimate of drug-likeness (QED) is 0.623. The van der Waals surface area contributed by atoms with E-state index in [1.165, 1.54) is 18.0 Å². The Morgan fingerprint density at radius 1 is 1.47 bits per heavy atom. The number of nitrogens with zero attached hydrogens (tertiary/aromatic N) is 6. The number of alkyl halides is 2. The molecule has 0 amide bonds. The van der Waals surface area contributed by atoms with Crippen molar-refractivity contribution in [2.24, 2.45) is 5.10 Å². The molecular formula is C10H12F2N6S. The Balaban J connectivity index is 2.28. The molecule has 102 valence electrons. The van der Waals surface area contributed by atoms with E-state index in [4.69, 9.17) is 0 Å². The average molecular weight is 286 g/mol. The number of rotatable bonds is 5. The van der Waals surface area contributed by atoms with Crippen molar-refractivity contribution in [1.82, 2.24) is 24.7 Å². The summed E-state index contributed by atoms with van der Waals surface area (Å²) in [6.07, 6.45) is 3.84. The first-order valence-corrected chi connectivity index (χ1v) is 6.72. The van der Waals surface area contributed by atoms with Gasteiger partial charge in [0.1, 0.15) is 0 Å². The van der Waals surface area contributed by atoms with Gasteiger partial charge in [0, 0.05) is 18.3 Å². The van der Waals surface area contributed by atoms with Gasteiger partial charge in [-0.2, -0.15) is 14.9 Å². The lowest BCUT2D eigenvalue weighted by Gasteiger charge is -2.00. The molecule has 0 bridgehead atoms. The normalized spacial score (nSPS) is 11.8. The number of hydrogen-bond donors (Lipinski definition) is 0. The van der Waals surface area contributed by atoms with Crippen LogP contribution in [-0.2, 0) is 6.54 Å². The Morgan fingerprint density at radius 3 is 2.84 bits per heavy atom. The molecule has 0 aliphatic heterocycles. The predicted octanol–water partition coefficient (Wildman–Crippen LogP) is 2.04. The Hall–Kier alpha value is -1.77. The maximum Gasteiger partial charge on any atom is 0.299 e. The van der Waals surface area contributed by atoms with E-state index in [1.807, 2.05) is 6.92 Å². The van der Waals surface area contributed by atoms with Crippen LogP contribution in [0.2, 0.25) is 0 Å². The van der Waals surface area contributed by atoms with E-state index >= 15 is 0 Å². The highest BCUT2D eigenvalue weighted by atomic mass is 32.2. The van der Waals surface area contributed by atoms with Gasteiger partial charge in [0.05, 0.1) is 12.4 Å². The maximum atomic E-state index is 12.7. The summed E-state index contributed by atoms with van der Waals surface area (Å²) in [6, 6.07) is 0. The molecule has 0 aliphatic carbocycles. The second kappa shape index (κ2) is 5.91. The van der Waals surface area contributed by atoms with Crippen molar-refractivity contribution in [3.63, 3.8) is 0 Å². The minimum absolute atomic E-state index is 0.314. The van der Waals surface area contributed by atoms with Crippen molar-refractivity contribution in [3.05, 3.63) is 23.8 Å². The highest BCUT2D eigenvalue weighted by Crippen LogP contribution is 2.21. The van der Waals surface area contributed by atoms with Gasteiger partial charge in [-0.1, -0.05) is 11.8 Å². The largest absolute Gasteiger partial charge is 0.299 e. The maximum absolute atomic E-state index is 12.7. The van der Waals surface area contributed by atoms with Crippen molar-refractivity contribution >= 4 is 18.0 Å². The minimum atomic E-state index is -2.72. The number of aromatic nitrogens is 5. The van der Waals surface area contributed by atoms with Gasteiger partial charge in [0.15, 0.2) is 0 Å². The Labute approximate surface area is 112 Å². The van der Waals surface area contributed by atoms with Crippen LogP contribution in [0.15, 0.2) is 22.7 Å². The van der Waals surface area contributed by atoms with E-state index in [0.717, 1.165) is 16.8 Å². The van der Waals surface area contributed by atoms with Crippen LogP contribution in [0.4, 0.5) is 8.78 Å². The molecule has 0 spiro atoms. The van der Waals surface area contributed by atoms with Gasteiger partial charge in [-0.25, -0.2) is 8.78 Å². The predicted molar refractivity (Wildman–Crippen MR) is 67.7 cm³/mol. The van der Waals surface area contributed by atoms with Gasteiger partial charge in [-0.15, -0.1) is 10.2 Å². The molecule has 0 unspecified atom stereocenters. The lowest BCUT2D eigenvalue weighted by atomic mass is 10.4. The van der Waals surface area contributed by atoms with Crippen LogP contribution in [0.5, 0.6) is 0 Å². The molecule has 2 rings (SSSR count). The zero-order valence-electron chi connectivity index (χ0n) is 10.4. The molecule has 19 heavy (non-hydrogen) atoms. The molecule has 0 fully saturated rings. The molecule has 0 N–H and O–H groups in total. The van der Waals surface area contributed by atoms with E-state index in [0.29, 0.717) is 5.16 Å². The van der Waals surface area contributed by atoms with Crippen LogP contribution in [0.1, 0.15) is 24.7 Å². The summed E-state index contributed by atoms with van der Waals surface area (Å²) in [5, 5.41) is 15.4. The van der Waals surface area contributed by atoms with Crippen molar-refractivity contribution < 1.29 is 8.78 Å². The van der Waals surface area contributed by atoms with Gasteiger partial charge in [-0.05, 0) is 13.2 Å².